The summed E-state index contributed by atoms with van der Waals surface area (Å²) in [6.45, 7) is 4.47. The molecule has 1 aliphatic heterocycles. The van der Waals surface area contributed by atoms with Crippen molar-refractivity contribution in [3.8, 4) is 0 Å². The van der Waals surface area contributed by atoms with Gasteiger partial charge in [-0.2, -0.15) is 0 Å². The second kappa shape index (κ2) is 8.91. The minimum absolute atomic E-state index is 0.142. The summed E-state index contributed by atoms with van der Waals surface area (Å²) >= 11 is 0. The van der Waals surface area contributed by atoms with Crippen LogP contribution in [-0.2, 0) is 6.54 Å². The Balaban J connectivity index is 0.00000109. The molecule has 0 saturated heterocycles. The van der Waals surface area contributed by atoms with Crippen molar-refractivity contribution in [3.05, 3.63) is 59.7 Å². The Bertz CT molecular complexity index is 854. The van der Waals surface area contributed by atoms with Crippen molar-refractivity contribution in [2.24, 2.45) is 4.99 Å². The van der Waals surface area contributed by atoms with E-state index in [1.807, 2.05) is 32.0 Å². The molecule has 0 atom stereocenters. The van der Waals surface area contributed by atoms with Crippen LogP contribution in [0.5, 0.6) is 0 Å². The first kappa shape index (κ1) is 19.9. The van der Waals surface area contributed by atoms with E-state index in [1.165, 1.54) is 19.3 Å². The first-order valence-electron chi connectivity index (χ1n) is 10.2. The molecule has 1 saturated carbocycles. The Hall–Kier alpha value is -2.82. The fourth-order valence-corrected chi connectivity index (χ4v) is 3.95. The van der Waals surface area contributed by atoms with Crippen LogP contribution in [0.3, 0.4) is 0 Å². The van der Waals surface area contributed by atoms with Gasteiger partial charge < -0.3 is 15.7 Å². The normalized spacial score (nSPS) is 18.3. The number of anilines is 2. The van der Waals surface area contributed by atoms with E-state index in [-0.39, 0.29) is 5.54 Å². The van der Waals surface area contributed by atoms with E-state index in [4.69, 9.17) is 4.99 Å². The Morgan fingerprint density at radius 1 is 1.04 bits per heavy atom. The van der Waals surface area contributed by atoms with Crippen LogP contribution >= 0.6 is 0 Å². The van der Waals surface area contributed by atoms with Gasteiger partial charge in [-0.15, -0.1) is 0 Å². The molecule has 2 aromatic rings. The largest absolute Gasteiger partial charge is 0.478 e. The monoisotopic (exact) mass is 379 g/mol. The minimum Gasteiger partial charge on any atom is -0.478 e. The molecule has 0 radical (unpaired) electrons. The summed E-state index contributed by atoms with van der Waals surface area (Å²) < 4.78 is 0. The fraction of sp³-hybridized carbons (Fsp3) is 0.391. The van der Waals surface area contributed by atoms with Crippen LogP contribution in [0.2, 0.25) is 0 Å². The molecule has 3 N–H and O–H groups in total. The number of carboxylic acids is 1. The molecule has 4 rings (SSSR count). The van der Waals surface area contributed by atoms with Crippen molar-refractivity contribution in [1.82, 2.24) is 0 Å². The molecule has 1 fully saturated rings. The highest BCUT2D eigenvalue weighted by atomic mass is 16.4. The Morgan fingerprint density at radius 3 is 2.46 bits per heavy atom. The lowest BCUT2D eigenvalue weighted by Gasteiger charge is -2.44. The van der Waals surface area contributed by atoms with Crippen molar-refractivity contribution >= 4 is 23.2 Å². The third kappa shape index (κ3) is 4.19. The maximum absolute atomic E-state index is 11.2. The average molecular weight is 380 g/mol. The van der Waals surface area contributed by atoms with Crippen molar-refractivity contribution in [2.45, 2.75) is 58.0 Å². The number of aliphatic imine (C=N–C) groups is 1. The number of carboxylic acid groups (broad SMARTS) is 1. The van der Waals surface area contributed by atoms with Gasteiger partial charge in [0.05, 0.1) is 29.0 Å². The van der Waals surface area contributed by atoms with E-state index in [1.54, 1.807) is 18.2 Å². The second-order valence-corrected chi connectivity index (χ2v) is 7.11. The maximum Gasteiger partial charge on any atom is 0.335 e. The lowest BCUT2D eigenvalue weighted by molar-refractivity contribution is 0.0696. The summed E-state index contributed by atoms with van der Waals surface area (Å²) in [6, 6.07) is 15.2. The molecule has 0 bridgehead atoms. The van der Waals surface area contributed by atoms with Crippen LogP contribution in [0.1, 0.15) is 61.9 Å². The van der Waals surface area contributed by atoms with E-state index in [9.17, 15) is 9.90 Å². The summed E-state index contributed by atoms with van der Waals surface area (Å²) in [4.78, 5) is 16.1. The third-order valence-electron chi connectivity index (χ3n) is 5.31. The number of hydrogen-bond acceptors (Lipinski definition) is 3. The van der Waals surface area contributed by atoms with Crippen molar-refractivity contribution < 1.29 is 9.90 Å². The summed E-state index contributed by atoms with van der Waals surface area (Å²) in [6.07, 6.45) is 5.75. The van der Waals surface area contributed by atoms with Gasteiger partial charge in [0.1, 0.15) is 5.84 Å². The summed E-state index contributed by atoms with van der Waals surface area (Å²) in [5.41, 5.74) is 3.24. The van der Waals surface area contributed by atoms with Crippen molar-refractivity contribution in [1.29, 1.82) is 0 Å². The highest BCUT2D eigenvalue weighted by molar-refractivity contribution is 6.09. The highest BCUT2D eigenvalue weighted by Gasteiger charge is 2.40. The number of carbonyl (C=O) groups is 1. The van der Waals surface area contributed by atoms with Crippen molar-refractivity contribution in [3.63, 3.8) is 0 Å². The van der Waals surface area contributed by atoms with E-state index < -0.39 is 5.97 Å². The number of benzene rings is 2. The topological polar surface area (TPSA) is 73.7 Å². The Labute approximate surface area is 166 Å². The van der Waals surface area contributed by atoms with Gasteiger partial charge in [0, 0.05) is 0 Å². The number of aromatic carboxylic acids is 1. The molecule has 0 unspecified atom stereocenters. The summed E-state index contributed by atoms with van der Waals surface area (Å²) in [5.74, 6) is 0.0614. The molecule has 28 heavy (non-hydrogen) atoms. The van der Waals surface area contributed by atoms with Crippen LogP contribution < -0.4 is 10.6 Å². The number of amidine groups is 1. The quantitative estimate of drug-likeness (QED) is 0.654. The standard InChI is InChI=1S/C21H23N3O2.C2H6/c25-19(26)16-8-6-7-15(13-16)14-22-20-21(11-4-1-5-12-21)24-18-10-3-2-9-17(18)23-20;1-2/h2-3,6-10,13,24H,1,4-5,11-12,14H2,(H,22,23)(H,25,26);1-2H3. The smallest absolute Gasteiger partial charge is 0.335 e. The molecule has 2 aromatic carbocycles. The lowest BCUT2D eigenvalue weighted by Crippen LogP contribution is -2.53. The molecule has 148 valence electrons. The van der Waals surface area contributed by atoms with Gasteiger partial charge in [-0.25, -0.2) is 4.79 Å². The summed E-state index contributed by atoms with van der Waals surface area (Å²) in [5, 5.41) is 16.5. The first-order chi connectivity index (χ1) is 13.7. The van der Waals surface area contributed by atoms with Crippen LogP contribution in [-0.4, -0.2) is 22.5 Å². The van der Waals surface area contributed by atoms with E-state index >= 15 is 0 Å². The molecule has 0 amide bonds. The lowest BCUT2D eigenvalue weighted by atomic mass is 9.79. The van der Waals surface area contributed by atoms with Crippen LogP contribution in [0.15, 0.2) is 53.5 Å². The van der Waals surface area contributed by atoms with E-state index in [0.717, 1.165) is 35.6 Å². The van der Waals surface area contributed by atoms with Gasteiger partial charge >= 0.3 is 5.97 Å². The number of nitrogens with zero attached hydrogens (tertiary/aromatic N) is 1. The fourth-order valence-electron chi connectivity index (χ4n) is 3.95. The van der Waals surface area contributed by atoms with Gasteiger partial charge in [0.15, 0.2) is 0 Å². The predicted molar refractivity (Wildman–Crippen MR) is 115 cm³/mol. The zero-order valence-electron chi connectivity index (χ0n) is 16.7. The molecule has 1 aliphatic carbocycles. The molecule has 1 heterocycles. The average Bonchev–Trinajstić information content (AvgIpc) is 2.74. The molecular weight excluding hydrogens is 350 g/mol. The maximum atomic E-state index is 11.2. The number of nitrogens with one attached hydrogen (secondary N) is 2. The SMILES string of the molecule is CC.O=C(O)c1cccc(CN=C2Nc3ccccc3NC23CCCCC3)c1. The summed E-state index contributed by atoms with van der Waals surface area (Å²) in [7, 11) is 0. The predicted octanol–water partition coefficient (Wildman–Crippen LogP) is 5.55. The molecule has 2 aliphatic rings. The van der Waals surface area contributed by atoms with Gasteiger partial charge in [0.2, 0.25) is 0 Å². The van der Waals surface area contributed by atoms with Crippen LogP contribution in [0.25, 0.3) is 0 Å². The zero-order valence-corrected chi connectivity index (χ0v) is 16.7. The zero-order chi connectivity index (χ0) is 20.0. The van der Waals surface area contributed by atoms with E-state index in [0.29, 0.717) is 12.1 Å². The second-order valence-electron chi connectivity index (χ2n) is 7.11. The van der Waals surface area contributed by atoms with E-state index in [2.05, 4.69) is 22.8 Å². The highest BCUT2D eigenvalue weighted by Crippen LogP contribution is 2.39. The first-order valence-corrected chi connectivity index (χ1v) is 10.2. The molecule has 5 heteroatoms. The van der Waals surface area contributed by atoms with Crippen LogP contribution in [0.4, 0.5) is 11.4 Å². The van der Waals surface area contributed by atoms with Gasteiger partial charge in [-0.3, -0.25) is 4.99 Å². The third-order valence-corrected chi connectivity index (χ3v) is 5.31. The Morgan fingerprint density at radius 2 is 1.75 bits per heavy atom. The van der Waals surface area contributed by atoms with Crippen LogP contribution in [0, 0.1) is 0 Å². The molecular formula is C23H29N3O2. The molecule has 1 spiro atoms. The number of rotatable bonds is 3. The number of fused-ring (bicyclic) bond motifs is 1. The van der Waals surface area contributed by atoms with Crippen molar-refractivity contribution in [2.75, 3.05) is 10.6 Å². The van der Waals surface area contributed by atoms with Gasteiger partial charge in [0.25, 0.3) is 0 Å². The Kier molecular flexibility index (Phi) is 6.34. The molecule has 5 nitrogen and oxygen atoms in total. The number of hydrogen-bond donors (Lipinski definition) is 3. The van der Waals surface area contributed by atoms with Gasteiger partial charge in [-0.05, 0) is 42.7 Å². The van der Waals surface area contributed by atoms with Gasteiger partial charge in [-0.1, -0.05) is 57.4 Å². The molecule has 0 aromatic heterocycles. The minimum atomic E-state index is -0.908. The number of para-hydroxylation sites is 2.